The molecule has 2 aromatic carbocycles. The summed E-state index contributed by atoms with van der Waals surface area (Å²) >= 11 is 0. The number of amides is 7. The van der Waals surface area contributed by atoms with Crippen LogP contribution in [0.3, 0.4) is 0 Å². The summed E-state index contributed by atoms with van der Waals surface area (Å²) in [6.45, 7) is 9.58. The van der Waals surface area contributed by atoms with E-state index in [9.17, 15) is 57.8 Å². The fourth-order valence-corrected chi connectivity index (χ4v) is 8.69. The van der Waals surface area contributed by atoms with E-state index in [1.807, 2.05) is 51.1 Å². The monoisotopic (exact) mass is 1080 g/mol. The summed E-state index contributed by atoms with van der Waals surface area (Å²) in [4.78, 5) is 121. The highest BCUT2D eigenvalue weighted by atomic mass is 19.1. The van der Waals surface area contributed by atoms with Crippen LogP contribution < -0.4 is 32.7 Å². The van der Waals surface area contributed by atoms with Crippen LogP contribution in [0, 0.1) is 23.0 Å². The lowest BCUT2D eigenvalue weighted by Gasteiger charge is -2.40. The summed E-state index contributed by atoms with van der Waals surface area (Å²) in [5.41, 5.74) is 12.5. The van der Waals surface area contributed by atoms with Crippen LogP contribution in [0.1, 0.15) is 117 Å². The fraction of sp³-hybridized carbons (Fsp3) is 0.519. The SMILES string of the molecule is CC(C)[C@H](NC(=O)CCCCCN1C(=O)C=CC1=O)C(=O)N[C@@H](C)C(=O)N[C@@H](CCCC(N)C(=O)CCNC(=O)[C@@H](N)CCN(C(=O)CO)[C@@H](c1nc(-c2cc(F)ccc2F)cn1Cc1ccccc1)C(C)(C)C)C(=O)O. The Morgan fingerprint density at radius 1 is 0.792 bits per heavy atom. The highest BCUT2D eigenvalue weighted by Crippen LogP contribution is 2.39. The second-order valence-electron chi connectivity index (χ2n) is 20.6. The molecule has 23 heteroatoms. The van der Waals surface area contributed by atoms with E-state index in [1.54, 1.807) is 24.6 Å². The Bertz CT molecular complexity index is 2590. The van der Waals surface area contributed by atoms with E-state index < -0.39 is 101 Å². The number of carbonyl (C=O) groups is 9. The van der Waals surface area contributed by atoms with Crippen molar-refractivity contribution < 1.29 is 62.1 Å². The summed E-state index contributed by atoms with van der Waals surface area (Å²) in [5, 5.41) is 30.2. The Balaban J connectivity index is 1.25. The third-order valence-corrected chi connectivity index (χ3v) is 13.0. The van der Waals surface area contributed by atoms with Gasteiger partial charge in [-0.15, -0.1) is 0 Å². The van der Waals surface area contributed by atoms with E-state index in [-0.39, 0.29) is 93.7 Å². The van der Waals surface area contributed by atoms with E-state index in [4.69, 9.17) is 16.5 Å². The van der Waals surface area contributed by atoms with Gasteiger partial charge in [0.1, 0.15) is 42.2 Å². The minimum absolute atomic E-state index is 0.0369. The largest absolute Gasteiger partial charge is 0.480 e. The van der Waals surface area contributed by atoms with Gasteiger partial charge in [-0.2, -0.15) is 0 Å². The molecule has 7 amide bonds. The van der Waals surface area contributed by atoms with Crippen LogP contribution in [0.15, 0.2) is 66.9 Å². The van der Waals surface area contributed by atoms with Gasteiger partial charge in [0.25, 0.3) is 11.8 Å². The van der Waals surface area contributed by atoms with Gasteiger partial charge in [0.05, 0.1) is 23.8 Å². The van der Waals surface area contributed by atoms with E-state index in [1.165, 1.54) is 24.0 Å². The zero-order valence-electron chi connectivity index (χ0n) is 44.6. The molecule has 77 heavy (non-hydrogen) atoms. The first-order valence-electron chi connectivity index (χ1n) is 25.8. The number of hydrogen-bond donors (Lipinski definition) is 8. The van der Waals surface area contributed by atoms with Crippen LogP contribution in [0.2, 0.25) is 0 Å². The average molecular weight is 1080 g/mol. The minimum atomic E-state index is -1.40. The van der Waals surface area contributed by atoms with Gasteiger partial charge in [0.15, 0.2) is 5.78 Å². The van der Waals surface area contributed by atoms with E-state index in [0.717, 1.165) is 28.7 Å². The number of nitrogens with zero attached hydrogens (tertiary/aromatic N) is 4. The van der Waals surface area contributed by atoms with E-state index in [0.29, 0.717) is 25.1 Å². The maximum absolute atomic E-state index is 15.1. The van der Waals surface area contributed by atoms with Crippen LogP contribution >= 0.6 is 0 Å². The number of ketones is 1. The van der Waals surface area contributed by atoms with Crippen molar-refractivity contribution in [2.24, 2.45) is 22.8 Å². The Morgan fingerprint density at radius 2 is 1.47 bits per heavy atom. The lowest BCUT2D eigenvalue weighted by molar-refractivity contribution is -0.142. The summed E-state index contributed by atoms with van der Waals surface area (Å²) < 4.78 is 31.2. The number of aliphatic hydroxyl groups excluding tert-OH is 1. The molecule has 0 saturated carbocycles. The number of carboxylic acids is 1. The molecular weight excluding hydrogens is 1000 g/mol. The number of halogens is 2. The standard InChI is InChI=1S/C54H74F2N10O11/c1-32(2)47(63-43(69)18-11-8-12-26-65-44(70)21-22-45(65)71)52(75)60-33(3)50(73)62-40(53(76)77)17-13-16-38(57)42(68)23-25-59-51(74)39(58)24-27-66(46(72)31-67)48(54(4,5)6)49-61-41(36-28-35(55)19-20-37(36)56)30-64(49)29-34-14-9-7-10-15-34/h7,9-10,14-15,19-22,28,30,32-33,38-40,47-48,67H,8,11-13,16-18,23-27,29,31,57-58H2,1-6H3,(H,59,74)(H,60,75)(H,62,73)(H,63,69)(H,76,77)/t33-,38?,39-,40-,47-,48-/m0/s1. The Hall–Kier alpha value is -7.24. The smallest absolute Gasteiger partial charge is 0.326 e. The molecule has 3 aromatic rings. The predicted octanol–water partition coefficient (Wildman–Crippen LogP) is 2.78. The molecule has 0 saturated heterocycles. The van der Waals surface area contributed by atoms with Gasteiger partial charge in [-0.3, -0.25) is 43.3 Å². The summed E-state index contributed by atoms with van der Waals surface area (Å²) in [5.74, 6) is -7.24. The van der Waals surface area contributed by atoms with Crippen molar-refractivity contribution in [1.82, 2.24) is 40.6 Å². The molecule has 4 rings (SSSR count). The molecule has 1 aliphatic rings. The van der Waals surface area contributed by atoms with Crippen molar-refractivity contribution in [1.29, 1.82) is 0 Å². The van der Waals surface area contributed by atoms with Crippen LogP contribution in [0.5, 0.6) is 0 Å². The molecule has 2 heterocycles. The molecule has 0 bridgehead atoms. The van der Waals surface area contributed by atoms with Gasteiger partial charge in [-0.1, -0.05) is 71.4 Å². The Morgan fingerprint density at radius 3 is 2.09 bits per heavy atom. The van der Waals surface area contributed by atoms with Crippen LogP contribution in [0.4, 0.5) is 8.78 Å². The van der Waals surface area contributed by atoms with Gasteiger partial charge in [0.2, 0.25) is 29.5 Å². The summed E-state index contributed by atoms with van der Waals surface area (Å²) in [7, 11) is 0. The molecule has 1 aromatic heterocycles. The van der Waals surface area contributed by atoms with E-state index in [2.05, 4.69) is 21.3 Å². The van der Waals surface area contributed by atoms with Gasteiger partial charge in [-0.25, -0.2) is 18.6 Å². The number of benzene rings is 2. The second kappa shape index (κ2) is 29.3. The first kappa shape index (κ1) is 62.3. The normalized spacial score (nSPS) is 14.8. The molecule has 420 valence electrons. The maximum atomic E-state index is 15.1. The molecule has 0 fully saturated rings. The van der Waals surface area contributed by atoms with Crippen LogP contribution in [-0.2, 0) is 49.7 Å². The number of unbranched alkanes of at least 4 members (excludes halogenated alkanes) is 2. The molecule has 10 N–H and O–H groups in total. The van der Waals surface area contributed by atoms with Crippen molar-refractivity contribution in [2.75, 3.05) is 26.2 Å². The number of imidazole rings is 1. The van der Waals surface area contributed by atoms with Gasteiger partial charge in [0, 0.05) is 62.9 Å². The molecular formula is C54H74F2N10O11. The molecule has 0 spiro atoms. The number of aliphatic hydroxyl groups is 1. The highest BCUT2D eigenvalue weighted by molar-refractivity contribution is 6.12. The van der Waals surface area contributed by atoms with Crippen molar-refractivity contribution >= 4 is 53.1 Å². The fourth-order valence-electron chi connectivity index (χ4n) is 8.69. The maximum Gasteiger partial charge on any atom is 0.326 e. The van der Waals surface area contributed by atoms with Crippen molar-refractivity contribution in [2.45, 2.75) is 142 Å². The highest BCUT2D eigenvalue weighted by Gasteiger charge is 2.39. The van der Waals surface area contributed by atoms with Gasteiger partial charge < -0.3 is 52.4 Å². The lowest BCUT2D eigenvalue weighted by Crippen LogP contribution is -2.56. The first-order valence-corrected chi connectivity index (χ1v) is 25.8. The minimum Gasteiger partial charge on any atom is -0.480 e. The number of nitrogens with one attached hydrogen (secondary N) is 4. The molecule has 0 aliphatic carbocycles. The number of rotatable bonds is 31. The molecule has 1 aliphatic heterocycles. The topological polar surface area (TPSA) is 319 Å². The first-order chi connectivity index (χ1) is 36.3. The van der Waals surface area contributed by atoms with Crippen molar-refractivity contribution in [3.63, 3.8) is 0 Å². The van der Waals surface area contributed by atoms with Crippen LogP contribution in [0.25, 0.3) is 11.3 Å². The summed E-state index contributed by atoms with van der Waals surface area (Å²) in [6.07, 6.45) is 5.26. The van der Waals surface area contributed by atoms with Crippen LogP contribution in [-0.4, -0.2) is 139 Å². The number of aliphatic carboxylic acids is 1. The number of hydrogen-bond acceptors (Lipinski definition) is 13. The lowest BCUT2D eigenvalue weighted by atomic mass is 9.84. The second-order valence-corrected chi connectivity index (χ2v) is 20.6. The molecule has 0 radical (unpaired) electrons. The molecule has 1 unspecified atom stereocenters. The van der Waals surface area contributed by atoms with Gasteiger partial charge >= 0.3 is 5.97 Å². The predicted molar refractivity (Wildman–Crippen MR) is 279 cm³/mol. The number of imide groups is 1. The van der Waals surface area contributed by atoms with E-state index >= 15 is 4.39 Å². The number of carbonyl (C=O) groups excluding carboxylic acids is 8. The third-order valence-electron chi connectivity index (χ3n) is 13.0. The number of carboxylic acid groups (broad SMARTS) is 1. The zero-order valence-corrected chi connectivity index (χ0v) is 44.6. The Kier molecular flexibility index (Phi) is 23.7. The molecule has 6 atom stereocenters. The van der Waals surface area contributed by atoms with Gasteiger partial charge in [-0.05, 0) is 80.5 Å². The van der Waals surface area contributed by atoms with Crippen molar-refractivity contribution in [3.05, 3.63) is 89.9 Å². The quantitative estimate of drug-likeness (QED) is 0.0340. The number of aromatic nitrogens is 2. The average Bonchev–Trinajstić information content (AvgIpc) is 3.93. The van der Waals surface area contributed by atoms with Crippen molar-refractivity contribution in [3.8, 4) is 11.3 Å². The molecule has 21 nitrogen and oxygen atoms in total. The zero-order chi connectivity index (χ0) is 57.1. The summed E-state index contributed by atoms with van der Waals surface area (Å²) in [6, 6.07) is 5.58. The third kappa shape index (κ3) is 18.8. The number of Topliss-reactive ketones (excluding diaryl/α,β-unsaturated/α-hetero) is 1. The number of nitrogens with two attached hydrogens (primary N) is 2. The Labute approximate surface area is 446 Å².